The zero-order valence-corrected chi connectivity index (χ0v) is 15.4. The Labute approximate surface area is 145 Å². The Balaban J connectivity index is 1.82. The molecule has 1 fully saturated rings. The second-order valence-electron chi connectivity index (χ2n) is 6.92. The monoisotopic (exact) mass is 337 g/mol. The number of hydrogen-bond donors (Lipinski definition) is 2. The molecule has 2 N–H and O–H groups in total. The molecular weight excluding hydrogens is 306 g/mol. The van der Waals surface area contributed by atoms with Crippen LogP contribution in [-0.4, -0.2) is 43.7 Å². The Morgan fingerprint density at radius 1 is 1.25 bits per heavy atom. The van der Waals surface area contributed by atoms with Gasteiger partial charge in [0, 0.05) is 13.0 Å². The van der Waals surface area contributed by atoms with Gasteiger partial charge in [0.1, 0.15) is 0 Å². The fourth-order valence-corrected chi connectivity index (χ4v) is 3.31. The van der Waals surface area contributed by atoms with E-state index in [-0.39, 0.29) is 5.60 Å². The Morgan fingerprint density at radius 3 is 2.67 bits per heavy atom. The lowest BCUT2D eigenvalue weighted by Gasteiger charge is -2.43. The van der Waals surface area contributed by atoms with Crippen molar-refractivity contribution < 1.29 is 19.3 Å². The number of benzene rings is 1. The van der Waals surface area contributed by atoms with Gasteiger partial charge in [0.25, 0.3) is 0 Å². The van der Waals surface area contributed by atoms with E-state index in [4.69, 9.17) is 14.2 Å². The van der Waals surface area contributed by atoms with Gasteiger partial charge in [-0.05, 0) is 50.4 Å². The van der Waals surface area contributed by atoms with Crippen LogP contribution in [0, 0.1) is 0 Å². The zero-order valence-electron chi connectivity index (χ0n) is 15.4. The molecular formula is C19H31NO4. The highest BCUT2D eigenvalue weighted by molar-refractivity contribution is 5.42. The summed E-state index contributed by atoms with van der Waals surface area (Å²) in [4.78, 5) is 0. The van der Waals surface area contributed by atoms with Crippen molar-refractivity contribution in [3.05, 3.63) is 23.8 Å². The van der Waals surface area contributed by atoms with E-state index in [0.717, 1.165) is 43.0 Å². The molecule has 1 saturated heterocycles. The summed E-state index contributed by atoms with van der Waals surface area (Å²) >= 11 is 0. The number of rotatable bonds is 8. The molecule has 136 valence electrons. The minimum Gasteiger partial charge on any atom is -0.493 e. The third-order valence-electron chi connectivity index (χ3n) is 5.01. The standard InChI is InChI=1S/C19H31NO4/c1-5-18(2)14-19(21,9-11-24-18)8-10-20-13-15-6-7-16(22-3)17(12-15)23-4/h6-7,12,20-21H,5,8-11,13-14H2,1-4H3/t18-,19+/m0/s1. The van der Waals surface area contributed by atoms with Crippen LogP contribution in [0.5, 0.6) is 11.5 Å². The quantitative estimate of drug-likeness (QED) is 0.714. The van der Waals surface area contributed by atoms with E-state index in [1.54, 1.807) is 14.2 Å². The maximum Gasteiger partial charge on any atom is 0.161 e. The second-order valence-corrected chi connectivity index (χ2v) is 6.92. The highest BCUT2D eigenvalue weighted by Crippen LogP contribution is 2.36. The van der Waals surface area contributed by atoms with Crippen LogP contribution in [0.15, 0.2) is 18.2 Å². The van der Waals surface area contributed by atoms with Crippen molar-refractivity contribution in [3.63, 3.8) is 0 Å². The zero-order chi connectivity index (χ0) is 17.6. The average molecular weight is 337 g/mol. The first kappa shape index (κ1) is 19.0. The van der Waals surface area contributed by atoms with Crippen LogP contribution in [0.1, 0.15) is 45.1 Å². The van der Waals surface area contributed by atoms with Crippen molar-refractivity contribution in [2.45, 2.75) is 57.3 Å². The predicted octanol–water partition coefficient (Wildman–Crippen LogP) is 2.89. The molecule has 2 atom stereocenters. The SMILES string of the molecule is CC[C@@]1(C)C[C@@](O)(CCNCc2ccc(OC)c(OC)c2)CCO1. The van der Waals surface area contributed by atoms with Crippen molar-refractivity contribution in [2.75, 3.05) is 27.4 Å². The molecule has 1 aliphatic rings. The third kappa shape index (κ3) is 4.85. The number of nitrogens with one attached hydrogen (secondary N) is 1. The molecule has 5 heteroatoms. The van der Waals surface area contributed by atoms with Gasteiger partial charge in [0.05, 0.1) is 32.0 Å². The van der Waals surface area contributed by atoms with E-state index in [9.17, 15) is 5.11 Å². The summed E-state index contributed by atoms with van der Waals surface area (Å²) in [5.74, 6) is 1.47. The van der Waals surface area contributed by atoms with Crippen molar-refractivity contribution in [1.82, 2.24) is 5.32 Å². The van der Waals surface area contributed by atoms with Gasteiger partial charge in [-0.1, -0.05) is 13.0 Å². The molecule has 2 rings (SSSR count). The second kappa shape index (κ2) is 8.19. The van der Waals surface area contributed by atoms with Gasteiger partial charge >= 0.3 is 0 Å². The first-order valence-electron chi connectivity index (χ1n) is 8.71. The molecule has 0 radical (unpaired) electrons. The Hall–Kier alpha value is -1.30. The minimum atomic E-state index is -0.631. The molecule has 0 amide bonds. The Kier molecular flexibility index (Phi) is 6.49. The molecule has 1 aromatic rings. The molecule has 0 unspecified atom stereocenters. The molecule has 1 heterocycles. The largest absolute Gasteiger partial charge is 0.493 e. The Morgan fingerprint density at radius 2 is 2.00 bits per heavy atom. The number of ether oxygens (including phenoxy) is 3. The maximum absolute atomic E-state index is 10.8. The van der Waals surface area contributed by atoms with Gasteiger partial charge < -0.3 is 24.6 Å². The van der Waals surface area contributed by atoms with Crippen LogP contribution in [0.2, 0.25) is 0 Å². The van der Waals surface area contributed by atoms with Crippen LogP contribution in [0.4, 0.5) is 0 Å². The van der Waals surface area contributed by atoms with E-state index in [1.165, 1.54) is 0 Å². The number of methoxy groups -OCH3 is 2. The van der Waals surface area contributed by atoms with Gasteiger partial charge in [0.2, 0.25) is 0 Å². The van der Waals surface area contributed by atoms with Crippen LogP contribution in [0.3, 0.4) is 0 Å². The van der Waals surface area contributed by atoms with E-state index >= 15 is 0 Å². The van der Waals surface area contributed by atoms with Gasteiger partial charge in [-0.3, -0.25) is 0 Å². The van der Waals surface area contributed by atoms with Gasteiger partial charge in [-0.15, -0.1) is 0 Å². The van der Waals surface area contributed by atoms with Crippen molar-refractivity contribution >= 4 is 0 Å². The van der Waals surface area contributed by atoms with Gasteiger partial charge in [0.15, 0.2) is 11.5 Å². The minimum absolute atomic E-state index is 0.198. The molecule has 1 aromatic carbocycles. The highest BCUT2D eigenvalue weighted by Gasteiger charge is 2.40. The third-order valence-corrected chi connectivity index (χ3v) is 5.01. The van der Waals surface area contributed by atoms with Crippen molar-refractivity contribution in [1.29, 1.82) is 0 Å². The lowest BCUT2D eigenvalue weighted by atomic mass is 9.80. The highest BCUT2D eigenvalue weighted by atomic mass is 16.5. The molecule has 0 bridgehead atoms. The lowest BCUT2D eigenvalue weighted by molar-refractivity contribution is -0.155. The molecule has 24 heavy (non-hydrogen) atoms. The number of aliphatic hydroxyl groups is 1. The summed E-state index contributed by atoms with van der Waals surface area (Å²) in [5.41, 5.74) is 0.300. The molecule has 1 aliphatic heterocycles. The molecule has 0 aromatic heterocycles. The van der Waals surface area contributed by atoms with Gasteiger partial charge in [-0.25, -0.2) is 0 Å². The summed E-state index contributed by atoms with van der Waals surface area (Å²) in [6.07, 6.45) is 3.07. The van der Waals surface area contributed by atoms with Gasteiger partial charge in [-0.2, -0.15) is 0 Å². The summed E-state index contributed by atoms with van der Waals surface area (Å²) in [6, 6.07) is 5.91. The molecule has 0 saturated carbocycles. The smallest absolute Gasteiger partial charge is 0.161 e. The Bertz CT molecular complexity index is 536. The van der Waals surface area contributed by atoms with Crippen LogP contribution in [0.25, 0.3) is 0 Å². The summed E-state index contributed by atoms with van der Waals surface area (Å²) in [7, 11) is 3.27. The average Bonchev–Trinajstić information content (AvgIpc) is 2.58. The normalized spacial score (nSPS) is 27.0. The first-order valence-corrected chi connectivity index (χ1v) is 8.71. The number of hydrogen-bond acceptors (Lipinski definition) is 5. The first-order chi connectivity index (χ1) is 11.4. The molecule has 0 spiro atoms. The lowest BCUT2D eigenvalue weighted by Crippen LogP contribution is -2.48. The van der Waals surface area contributed by atoms with Crippen LogP contribution >= 0.6 is 0 Å². The topological polar surface area (TPSA) is 60.0 Å². The van der Waals surface area contributed by atoms with Crippen LogP contribution < -0.4 is 14.8 Å². The summed E-state index contributed by atoms with van der Waals surface area (Å²) in [6.45, 7) is 6.34. The summed E-state index contributed by atoms with van der Waals surface area (Å²) in [5, 5.41) is 14.2. The van der Waals surface area contributed by atoms with Crippen molar-refractivity contribution in [2.24, 2.45) is 0 Å². The van der Waals surface area contributed by atoms with E-state index in [2.05, 4.69) is 19.2 Å². The predicted molar refractivity (Wildman–Crippen MR) is 94.7 cm³/mol. The van der Waals surface area contributed by atoms with E-state index < -0.39 is 5.60 Å². The van der Waals surface area contributed by atoms with E-state index in [0.29, 0.717) is 19.4 Å². The maximum atomic E-state index is 10.8. The fourth-order valence-electron chi connectivity index (χ4n) is 3.31. The fraction of sp³-hybridized carbons (Fsp3) is 0.684. The van der Waals surface area contributed by atoms with Crippen LogP contribution in [-0.2, 0) is 11.3 Å². The molecule has 5 nitrogen and oxygen atoms in total. The summed E-state index contributed by atoms with van der Waals surface area (Å²) < 4.78 is 16.4. The van der Waals surface area contributed by atoms with Crippen molar-refractivity contribution in [3.8, 4) is 11.5 Å². The van der Waals surface area contributed by atoms with E-state index in [1.807, 2.05) is 18.2 Å². The molecule has 0 aliphatic carbocycles.